The van der Waals surface area contributed by atoms with Crippen LogP contribution in [-0.4, -0.2) is 32.7 Å². The molecule has 2 rings (SSSR count). The van der Waals surface area contributed by atoms with Gasteiger partial charge in [-0.05, 0) is 56.0 Å². The van der Waals surface area contributed by atoms with Crippen molar-refractivity contribution < 1.29 is 9.53 Å². The first-order valence-electron chi connectivity index (χ1n) is 7.38. The molecule has 0 radical (unpaired) electrons. The Bertz CT molecular complexity index is 428. The maximum atomic E-state index is 11.8. The summed E-state index contributed by atoms with van der Waals surface area (Å²) in [4.78, 5) is 11.8. The lowest BCUT2D eigenvalue weighted by atomic mass is 10.0. The fourth-order valence-electron chi connectivity index (χ4n) is 2.56. The predicted octanol–water partition coefficient (Wildman–Crippen LogP) is 1.74. The molecule has 4 nitrogen and oxygen atoms in total. The quantitative estimate of drug-likeness (QED) is 0.797. The molecule has 1 fully saturated rings. The number of nitrogens with one attached hydrogen (secondary N) is 2. The van der Waals surface area contributed by atoms with Crippen molar-refractivity contribution in [3.05, 3.63) is 29.8 Å². The summed E-state index contributed by atoms with van der Waals surface area (Å²) in [5.41, 5.74) is 1.18. The zero-order valence-electron chi connectivity index (χ0n) is 12.2. The van der Waals surface area contributed by atoms with Crippen LogP contribution in [0, 0.1) is 5.92 Å². The van der Waals surface area contributed by atoms with Crippen LogP contribution in [0.3, 0.4) is 0 Å². The maximum absolute atomic E-state index is 11.8. The number of benzene rings is 1. The van der Waals surface area contributed by atoms with E-state index in [0.717, 1.165) is 31.7 Å². The number of amides is 1. The van der Waals surface area contributed by atoms with E-state index >= 15 is 0 Å². The van der Waals surface area contributed by atoms with Gasteiger partial charge in [-0.25, -0.2) is 0 Å². The average molecular weight is 276 g/mol. The molecule has 0 spiro atoms. The monoisotopic (exact) mass is 276 g/mol. The second kappa shape index (κ2) is 7.90. The van der Waals surface area contributed by atoms with Gasteiger partial charge in [-0.2, -0.15) is 0 Å². The lowest BCUT2D eigenvalue weighted by Gasteiger charge is -2.09. The Hall–Kier alpha value is -1.55. The van der Waals surface area contributed by atoms with Gasteiger partial charge in [-0.15, -0.1) is 0 Å². The summed E-state index contributed by atoms with van der Waals surface area (Å²) >= 11 is 0. The molecule has 1 atom stereocenters. The SMILES string of the molecule is COc1cccc(CCNC(=O)CCC2CCNC2)c1. The second-order valence-electron chi connectivity index (χ2n) is 5.35. The predicted molar refractivity (Wildman–Crippen MR) is 79.9 cm³/mol. The van der Waals surface area contributed by atoms with Crippen LogP contribution in [0.25, 0.3) is 0 Å². The topological polar surface area (TPSA) is 50.4 Å². The number of hydrogen-bond donors (Lipinski definition) is 2. The van der Waals surface area contributed by atoms with Gasteiger partial charge >= 0.3 is 0 Å². The van der Waals surface area contributed by atoms with Gasteiger partial charge in [0.2, 0.25) is 5.91 Å². The second-order valence-corrected chi connectivity index (χ2v) is 5.35. The number of hydrogen-bond acceptors (Lipinski definition) is 3. The fraction of sp³-hybridized carbons (Fsp3) is 0.562. The van der Waals surface area contributed by atoms with E-state index in [-0.39, 0.29) is 5.91 Å². The first kappa shape index (κ1) is 14.9. The van der Waals surface area contributed by atoms with Gasteiger partial charge in [0, 0.05) is 13.0 Å². The highest BCUT2D eigenvalue weighted by atomic mass is 16.5. The molecule has 1 heterocycles. The molecule has 0 bridgehead atoms. The van der Waals surface area contributed by atoms with E-state index in [1.807, 2.05) is 18.2 Å². The molecule has 1 unspecified atom stereocenters. The van der Waals surface area contributed by atoms with E-state index in [9.17, 15) is 4.79 Å². The van der Waals surface area contributed by atoms with E-state index in [4.69, 9.17) is 4.74 Å². The summed E-state index contributed by atoms with van der Waals surface area (Å²) in [6.45, 7) is 2.86. The third-order valence-corrected chi connectivity index (χ3v) is 3.81. The van der Waals surface area contributed by atoms with Gasteiger partial charge in [0.15, 0.2) is 0 Å². The standard InChI is InChI=1S/C16H24N2O2/c1-20-15-4-2-3-13(11-15)8-10-18-16(19)6-5-14-7-9-17-12-14/h2-4,11,14,17H,5-10,12H2,1H3,(H,18,19). The van der Waals surface area contributed by atoms with Crippen molar-refractivity contribution in [2.75, 3.05) is 26.7 Å². The zero-order chi connectivity index (χ0) is 14.2. The molecule has 20 heavy (non-hydrogen) atoms. The minimum absolute atomic E-state index is 0.166. The van der Waals surface area contributed by atoms with Crippen LogP contribution in [-0.2, 0) is 11.2 Å². The summed E-state index contributed by atoms with van der Waals surface area (Å²) < 4.78 is 5.18. The molecule has 1 saturated heterocycles. The molecule has 1 aromatic rings. The van der Waals surface area contributed by atoms with Gasteiger partial charge in [-0.1, -0.05) is 12.1 Å². The van der Waals surface area contributed by atoms with Crippen LogP contribution in [0.5, 0.6) is 5.75 Å². The lowest BCUT2D eigenvalue weighted by Crippen LogP contribution is -2.26. The fourth-order valence-corrected chi connectivity index (χ4v) is 2.56. The van der Waals surface area contributed by atoms with Crippen LogP contribution in [0.2, 0.25) is 0 Å². The Morgan fingerprint density at radius 3 is 3.15 bits per heavy atom. The van der Waals surface area contributed by atoms with Gasteiger partial charge < -0.3 is 15.4 Å². The molecule has 0 aromatic heterocycles. The summed E-state index contributed by atoms with van der Waals surface area (Å²) in [6.07, 6.45) is 3.69. The van der Waals surface area contributed by atoms with Crippen LogP contribution >= 0.6 is 0 Å². The van der Waals surface area contributed by atoms with Crippen molar-refractivity contribution in [3.63, 3.8) is 0 Å². The molecule has 1 aliphatic heterocycles. The van der Waals surface area contributed by atoms with E-state index in [1.165, 1.54) is 12.0 Å². The van der Waals surface area contributed by atoms with Crippen LogP contribution < -0.4 is 15.4 Å². The van der Waals surface area contributed by atoms with Crippen molar-refractivity contribution >= 4 is 5.91 Å². The van der Waals surface area contributed by atoms with Gasteiger partial charge in [0.1, 0.15) is 5.75 Å². The smallest absolute Gasteiger partial charge is 0.220 e. The highest BCUT2D eigenvalue weighted by Crippen LogP contribution is 2.14. The van der Waals surface area contributed by atoms with Crippen LogP contribution in [0.4, 0.5) is 0 Å². The number of carbonyl (C=O) groups is 1. The minimum Gasteiger partial charge on any atom is -0.497 e. The normalized spacial score (nSPS) is 17.9. The molecule has 1 aromatic carbocycles. The van der Waals surface area contributed by atoms with E-state index in [0.29, 0.717) is 18.9 Å². The van der Waals surface area contributed by atoms with Crippen LogP contribution in [0.1, 0.15) is 24.8 Å². The lowest BCUT2D eigenvalue weighted by molar-refractivity contribution is -0.121. The molecule has 110 valence electrons. The average Bonchev–Trinajstić information content (AvgIpc) is 2.99. The minimum atomic E-state index is 0.166. The van der Waals surface area contributed by atoms with Crippen LogP contribution in [0.15, 0.2) is 24.3 Å². The number of rotatable bonds is 7. The van der Waals surface area contributed by atoms with E-state index < -0.39 is 0 Å². The highest BCUT2D eigenvalue weighted by molar-refractivity contribution is 5.75. The summed E-state index contributed by atoms with van der Waals surface area (Å²) in [5.74, 6) is 1.71. The van der Waals surface area contributed by atoms with Gasteiger partial charge in [0.25, 0.3) is 0 Å². The molecule has 1 aliphatic rings. The number of ether oxygens (including phenoxy) is 1. The van der Waals surface area contributed by atoms with Crippen molar-refractivity contribution in [2.24, 2.45) is 5.92 Å². The Morgan fingerprint density at radius 1 is 1.50 bits per heavy atom. The van der Waals surface area contributed by atoms with Crippen molar-refractivity contribution in [1.82, 2.24) is 10.6 Å². The van der Waals surface area contributed by atoms with E-state index in [1.54, 1.807) is 7.11 Å². The third kappa shape index (κ3) is 4.85. The summed E-state index contributed by atoms with van der Waals surface area (Å²) in [6, 6.07) is 7.97. The molecule has 1 amide bonds. The van der Waals surface area contributed by atoms with Crippen molar-refractivity contribution in [2.45, 2.75) is 25.7 Å². The third-order valence-electron chi connectivity index (χ3n) is 3.81. The zero-order valence-corrected chi connectivity index (χ0v) is 12.2. The Balaban J connectivity index is 1.63. The van der Waals surface area contributed by atoms with Gasteiger partial charge in [-0.3, -0.25) is 4.79 Å². The van der Waals surface area contributed by atoms with Crippen molar-refractivity contribution in [3.8, 4) is 5.75 Å². The molecule has 2 N–H and O–H groups in total. The van der Waals surface area contributed by atoms with Gasteiger partial charge in [0.05, 0.1) is 7.11 Å². The highest BCUT2D eigenvalue weighted by Gasteiger charge is 2.15. The first-order chi connectivity index (χ1) is 9.78. The Kier molecular flexibility index (Phi) is 5.87. The molecular formula is C16H24N2O2. The number of carbonyl (C=O) groups excluding carboxylic acids is 1. The van der Waals surface area contributed by atoms with Crippen molar-refractivity contribution in [1.29, 1.82) is 0 Å². The summed E-state index contributed by atoms with van der Waals surface area (Å²) in [7, 11) is 1.67. The maximum Gasteiger partial charge on any atom is 0.220 e. The summed E-state index contributed by atoms with van der Waals surface area (Å²) in [5, 5.41) is 6.32. The molecule has 0 aliphatic carbocycles. The number of methoxy groups -OCH3 is 1. The Labute approximate surface area is 120 Å². The molecular weight excluding hydrogens is 252 g/mol. The van der Waals surface area contributed by atoms with E-state index in [2.05, 4.69) is 16.7 Å². The largest absolute Gasteiger partial charge is 0.497 e. The molecule has 0 saturated carbocycles. The molecule has 4 heteroatoms. The first-order valence-corrected chi connectivity index (χ1v) is 7.38. The Morgan fingerprint density at radius 2 is 2.40 bits per heavy atom.